The number of hydrogen-bond donors (Lipinski definition) is 0. The third kappa shape index (κ3) is 6.75. The molecular weight excluding hydrogens is 484 g/mol. The summed E-state index contributed by atoms with van der Waals surface area (Å²) in [4.78, 5) is 17.4. The van der Waals surface area contributed by atoms with Gasteiger partial charge < -0.3 is 34.6 Å². The molecule has 8 nitrogen and oxygen atoms in total. The Kier molecular flexibility index (Phi) is 13.4. The van der Waals surface area contributed by atoms with Gasteiger partial charge in [-0.3, -0.25) is 19.9 Å². The number of hydrogen-bond acceptors (Lipinski definition) is 6. The van der Waals surface area contributed by atoms with Crippen LogP contribution in [0.2, 0.25) is 0 Å². The van der Waals surface area contributed by atoms with Crippen LogP contribution in [0.1, 0.15) is 0 Å². The van der Waals surface area contributed by atoms with Gasteiger partial charge in [-0.15, -0.1) is 0 Å². The van der Waals surface area contributed by atoms with E-state index in [-0.39, 0.29) is 28.0 Å². The Hall–Kier alpha value is -4.50. The van der Waals surface area contributed by atoms with Crippen LogP contribution in [0.5, 0.6) is 0 Å². The van der Waals surface area contributed by atoms with E-state index in [1.165, 1.54) is 0 Å². The monoisotopic (exact) mass is 504 g/mol. The van der Waals surface area contributed by atoms with Crippen molar-refractivity contribution < 1.29 is 28.0 Å². The number of pyridine rings is 4. The fraction of sp³-hybridized carbons (Fsp3) is 0. The quantitative estimate of drug-likeness (QED) is 0.172. The number of fused-ring (bicyclic) bond motifs is 6. The Balaban J connectivity index is 0.000000539. The van der Waals surface area contributed by atoms with E-state index < -0.39 is 0 Å². The number of nitrogens with zero attached hydrogens (tertiary/aromatic N) is 6. The minimum atomic E-state index is 0. The van der Waals surface area contributed by atoms with Gasteiger partial charge in [-0.25, -0.2) is 0 Å². The molecule has 4 N–H and O–H groups in total. The Morgan fingerprint density at radius 3 is 0.800 bits per heavy atom. The molecule has 4 aromatic heterocycles. The molecular formula is C26H20FeN6O2. The summed E-state index contributed by atoms with van der Waals surface area (Å²) in [6, 6.07) is 24.3. The van der Waals surface area contributed by atoms with Crippen LogP contribution in [-0.2, 0) is 17.1 Å². The Morgan fingerprint density at radius 1 is 0.400 bits per heavy atom. The van der Waals surface area contributed by atoms with Gasteiger partial charge in [0.1, 0.15) is 0 Å². The SMILES string of the molecule is O.O.[C-]#N.[C-]#N.[Fe+2].c1cnc2c(c1)ccc1cccnc12.c1cnc2c(c1)ccc1cccnc12. The van der Waals surface area contributed by atoms with Crippen molar-refractivity contribution in [1.82, 2.24) is 19.9 Å². The van der Waals surface area contributed by atoms with Crippen LogP contribution in [0, 0.1) is 23.7 Å². The molecule has 6 aromatic rings. The van der Waals surface area contributed by atoms with Gasteiger partial charge in [-0.1, -0.05) is 48.5 Å². The predicted octanol–water partition coefficient (Wildman–Crippen LogP) is 4.11. The summed E-state index contributed by atoms with van der Waals surface area (Å²) < 4.78 is 0. The normalized spacial score (nSPS) is 8.80. The van der Waals surface area contributed by atoms with Crippen molar-refractivity contribution in [2.75, 3.05) is 0 Å². The zero-order valence-corrected chi connectivity index (χ0v) is 19.4. The van der Waals surface area contributed by atoms with Gasteiger partial charge in [0.2, 0.25) is 0 Å². The van der Waals surface area contributed by atoms with Crippen LogP contribution in [0.3, 0.4) is 0 Å². The summed E-state index contributed by atoms with van der Waals surface area (Å²) >= 11 is 0. The second-order valence-corrected chi connectivity index (χ2v) is 6.43. The molecule has 0 aliphatic carbocycles. The van der Waals surface area contributed by atoms with Crippen LogP contribution >= 0.6 is 0 Å². The van der Waals surface area contributed by atoms with E-state index in [4.69, 9.17) is 23.7 Å². The molecule has 0 saturated carbocycles. The van der Waals surface area contributed by atoms with Crippen molar-refractivity contribution in [1.29, 1.82) is 10.5 Å². The van der Waals surface area contributed by atoms with E-state index in [1.54, 1.807) is 24.8 Å². The molecule has 0 bridgehead atoms. The molecule has 6 rings (SSSR count). The van der Waals surface area contributed by atoms with Crippen molar-refractivity contribution in [2.45, 2.75) is 0 Å². The van der Waals surface area contributed by atoms with Crippen LogP contribution in [0.15, 0.2) is 97.6 Å². The predicted molar refractivity (Wildman–Crippen MR) is 131 cm³/mol. The summed E-state index contributed by atoms with van der Waals surface area (Å²) in [6.07, 6.45) is 7.21. The van der Waals surface area contributed by atoms with E-state index >= 15 is 0 Å². The molecule has 0 aliphatic rings. The van der Waals surface area contributed by atoms with Crippen molar-refractivity contribution >= 4 is 43.6 Å². The summed E-state index contributed by atoms with van der Waals surface area (Å²) in [5, 5.41) is 17.1. The first-order valence-electron chi connectivity index (χ1n) is 9.52. The minimum Gasteiger partial charge on any atom is -0.512 e. The van der Waals surface area contributed by atoms with Crippen LogP contribution in [0.25, 0.3) is 43.6 Å². The average Bonchev–Trinajstić information content (AvgIpc) is 2.91. The molecule has 2 aromatic carbocycles. The van der Waals surface area contributed by atoms with Crippen LogP contribution in [0.4, 0.5) is 0 Å². The molecule has 174 valence electrons. The molecule has 0 unspecified atom stereocenters. The zero-order valence-electron chi connectivity index (χ0n) is 18.3. The summed E-state index contributed by atoms with van der Waals surface area (Å²) in [5.41, 5.74) is 3.91. The fourth-order valence-electron chi connectivity index (χ4n) is 3.36. The maximum atomic E-state index is 6.25. The zero-order chi connectivity index (χ0) is 22.8. The first-order chi connectivity index (χ1) is 15.9. The van der Waals surface area contributed by atoms with Crippen molar-refractivity contribution in [2.24, 2.45) is 0 Å². The van der Waals surface area contributed by atoms with Gasteiger partial charge in [-0.2, -0.15) is 0 Å². The number of rotatable bonds is 0. The Bertz CT molecular complexity index is 1310. The van der Waals surface area contributed by atoms with Crippen LogP contribution < -0.4 is 0 Å². The molecule has 0 atom stereocenters. The van der Waals surface area contributed by atoms with Gasteiger partial charge in [-0.05, 0) is 24.3 Å². The Labute approximate surface area is 212 Å². The second-order valence-electron chi connectivity index (χ2n) is 6.43. The van der Waals surface area contributed by atoms with E-state index in [0.717, 1.165) is 43.6 Å². The molecule has 0 saturated heterocycles. The van der Waals surface area contributed by atoms with Gasteiger partial charge in [0, 0.05) is 46.3 Å². The molecule has 0 spiro atoms. The molecule has 0 fully saturated rings. The van der Waals surface area contributed by atoms with Gasteiger partial charge in [0.05, 0.1) is 22.1 Å². The van der Waals surface area contributed by atoms with Gasteiger partial charge in [0.15, 0.2) is 0 Å². The van der Waals surface area contributed by atoms with E-state index in [9.17, 15) is 0 Å². The topological polar surface area (TPSA) is 162 Å². The summed E-state index contributed by atoms with van der Waals surface area (Å²) in [5.74, 6) is 0. The molecule has 0 radical (unpaired) electrons. The summed E-state index contributed by atoms with van der Waals surface area (Å²) in [7, 11) is 0. The smallest absolute Gasteiger partial charge is 0.512 e. The molecule has 0 amide bonds. The van der Waals surface area contributed by atoms with E-state index in [2.05, 4.69) is 68.5 Å². The number of benzene rings is 2. The fourth-order valence-corrected chi connectivity index (χ4v) is 3.36. The van der Waals surface area contributed by atoms with E-state index in [0.29, 0.717) is 0 Å². The standard InChI is InChI=1S/2C12H8N2.2CN.Fe.2H2O/c2*1-3-9-5-6-10-4-2-8-14-12(10)11(9)13-7-1;2*1-2;;;/h2*1-8H;;;;2*1H2/q;;2*-1;+2;;. The van der Waals surface area contributed by atoms with Crippen molar-refractivity contribution in [3.63, 3.8) is 0 Å². The van der Waals surface area contributed by atoms with Crippen LogP contribution in [-0.4, -0.2) is 30.9 Å². The molecule has 4 heterocycles. The first-order valence-corrected chi connectivity index (χ1v) is 9.52. The van der Waals surface area contributed by atoms with Gasteiger partial charge >= 0.3 is 17.1 Å². The second kappa shape index (κ2) is 15.4. The van der Waals surface area contributed by atoms with Crippen molar-refractivity contribution in [3.05, 3.63) is 111 Å². The van der Waals surface area contributed by atoms with Gasteiger partial charge in [0.25, 0.3) is 0 Å². The molecule has 0 aliphatic heterocycles. The number of aromatic nitrogens is 4. The van der Waals surface area contributed by atoms with E-state index in [1.807, 2.05) is 24.3 Å². The maximum Gasteiger partial charge on any atom is 2.00 e. The summed E-state index contributed by atoms with van der Waals surface area (Å²) in [6.45, 7) is 9.50. The maximum absolute atomic E-state index is 6.25. The largest absolute Gasteiger partial charge is 2.00 e. The Morgan fingerprint density at radius 2 is 0.600 bits per heavy atom. The average molecular weight is 504 g/mol. The third-order valence-corrected chi connectivity index (χ3v) is 4.69. The molecule has 9 heteroatoms. The minimum absolute atomic E-state index is 0. The first kappa shape index (κ1) is 30.5. The third-order valence-electron chi connectivity index (χ3n) is 4.69. The molecule has 35 heavy (non-hydrogen) atoms. The van der Waals surface area contributed by atoms with Crippen molar-refractivity contribution in [3.8, 4) is 0 Å².